The molecule has 0 spiro atoms. The molecule has 19 heteroatoms. The molecule has 4 aromatic rings. The van der Waals surface area contributed by atoms with Crippen LogP contribution in [-0.2, 0) is 12.4 Å². The maximum absolute atomic E-state index is 13.3. The number of halogens is 6. The van der Waals surface area contributed by atoms with Crippen LogP contribution in [0.3, 0.4) is 0 Å². The van der Waals surface area contributed by atoms with Crippen molar-refractivity contribution in [2.75, 3.05) is 59.1 Å². The van der Waals surface area contributed by atoms with Crippen molar-refractivity contribution < 1.29 is 105 Å². The van der Waals surface area contributed by atoms with Crippen LogP contribution in [0.5, 0.6) is 0 Å². The molecule has 2 saturated heterocycles. The Balaban J connectivity index is 0.000000548. The van der Waals surface area contributed by atoms with E-state index >= 15 is 0 Å². The molecule has 2 N–H and O–H groups in total. The van der Waals surface area contributed by atoms with Crippen molar-refractivity contribution in [2.45, 2.75) is 89.4 Å². The predicted octanol–water partition coefficient (Wildman–Crippen LogP) is 8.11. The third-order valence-corrected chi connectivity index (χ3v) is 9.84. The van der Waals surface area contributed by atoms with Gasteiger partial charge in [0.05, 0.1) is 11.3 Å². The van der Waals surface area contributed by atoms with E-state index in [1.54, 1.807) is 48.7 Å². The number of aromatic nitrogens is 4. The first kappa shape index (κ1) is 56.5. The second-order valence-electron chi connectivity index (χ2n) is 13.1. The summed E-state index contributed by atoms with van der Waals surface area (Å²) in [4.78, 5) is 30.3. The Morgan fingerprint density at radius 1 is 0.738 bits per heavy atom. The summed E-state index contributed by atoms with van der Waals surface area (Å²) in [6, 6.07) is 17.5. The number of alkyl halides is 6. The molecule has 2 fully saturated rings. The number of thioether (sulfide) groups is 1. The van der Waals surface area contributed by atoms with Crippen LogP contribution in [0.15, 0.2) is 59.5 Å². The molecule has 2 aromatic heterocycles. The summed E-state index contributed by atoms with van der Waals surface area (Å²) >= 11 is 5.05. The molecular formula is C42H54CsF6N8O2S2-. The minimum Gasteiger partial charge on any atom is -0.375 e. The topological polar surface area (TPSA) is 116 Å². The zero-order valence-electron chi connectivity index (χ0n) is 35.8. The maximum Gasteiger partial charge on any atom is 1.00 e. The summed E-state index contributed by atoms with van der Waals surface area (Å²) in [7, 11) is 0. The van der Waals surface area contributed by atoms with Crippen LogP contribution in [0.2, 0.25) is 0 Å². The van der Waals surface area contributed by atoms with E-state index in [0.29, 0.717) is 37.6 Å². The number of thiol groups is 1. The average molecular weight is 1010 g/mol. The molecule has 0 unspecified atom stereocenters. The first-order valence-electron chi connectivity index (χ1n) is 19.3. The molecule has 0 atom stereocenters. The largest absolute Gasteiger partial charge is 1.00 e. The Kier molecular flexibility index (Phi) is 26.2. The van der Waals surface area contributed by atoms with Gasteiger partial charge in [-0.3, -0.25) is 9.59 Å². The third-order valence-electron chi connectivity index (χ3n) is 9.12. The van der Waals surface area contributed by atoms with Crippen LogP contribution in [0.1, 0.15) is 103 Å². The van der Waals surface area contributed by atoms with Gasteiger partial charge in [-0.15, -0.1) is 38.2 Å². The Hall–Kier alpha value is -2.53. The number of amides is 2. The summed E-state index contributed by atoms with van der Waals surface area (Å²) in [5.41, 5.74) is -1.42. The fourth-order valence-electron chi connectivity index (χ4n) is 6.34. The summed E-state index contributed by atoms with van der Waals surface area (Å²) in [6.45, 7) is 7.72. The number of anilines is 4. The van der Waals surface area contributed by atoms with Crippen molar-refractivity contribution in [1.82, 2.24) is 20.4 Å². The maximum atomic E-state index is 13.3. The molecule has 330 valence electrons. The van der Waals surface area contributed by atoms with Gasteiger partial charge in [-0.2, -0.15) is 63.2 Å². The molecule has 2 amide bonds. The van der Waals surface area contributed by atoms with Gasteiger partial charge in [-0.25, -0.2) is 0 Å². The van der Waals surface area contributed by atoms with Crippen molar-refractivity contribution >= 4 is 59.1 Å². The molecule has 61 heavy (non-hydrogen) atoms. The number of carbonyl (C=O) groups is 2. The number of nitrogens with one attached hydrogen (secondary N) is 2. The molecule has 4 heterocycles. The number of nitrogens with zero attached hydrogens (tertiary/aromatic N) is 6. The van der Waals surface area contributed by atoms with E-state index in [1.165, 1.54) is 18.7 Å². The zero-order chi connectivity index (χ0) is 43.6. The van der Waals surface area contributed by atoms with E-state index < -0.39 is 35.6 Å². The van der Waals surface area contributed by atoms with Crippen LogP contribution >= 0.6 is 24.4 Å². The third kappa shape index (κ3) is 17.2. The monoisotopic (exact) mass is 1010 g/mol. The predicted molar refractivity (Wildman–Crippen MR) is 232 cm³/mol. The smallest absolute Gasteiger partial charge is 0.375 e. The van der Waals surface area contributed by atoms with Gasteiger partial charge in [0.25, 0.3) is 5.91 Å². The summed E-state index contributed by atoms with van der Waals surface area (Å²) < 4.78 is 79.4. The van der Waals surface area contributed by atoms with E-state index in [0.717, 1.165) is 62.3 Å². The molecular weight excluding hydrogens is 960 g/mol. The van der Waals surface area contributed by atoms with Crippen LogP contribution < -0.4 is 89.3 Å². The van der Waals surface area contributed by atoms with Crippen molar-refractivity contribution in [1.29, 1.82) is 0 Å². The molecule has 6 rings (SSSR count). The van der Waals surface area contributed by atoms with Gasteiger partial charge in [0.1, 0.15) is 0 Å². The number of benzene rings is 2. The normalized spacial score (nSPS) is 14.0. The Labute approximate surface area is 424 Å². The summed E-state index contributed by atoms with van der Waals surface area (Å²) in [5, 5.41) is 19.5. The van der Waals surface area contributed by atoms with Crippen LogP contribution in [0.4, 0.5) is 49.2 Å². The van der Waals surface area contributed by atoms with Gasteiger partial charge < -0.3 is 27.9 Å². The second kappa shape index (κ2) is 28.3. The van der Waals surface area contributed by atoms with Gasteiger partial charge >= 0.3 is 81.2 Å². The minimum absolute atomic E-state index is 0. The first-order valence-corrected chi connectivity index (χ1v) is 21.4. The Morgan fingerprint density at radius 3 is 1.82 bits per heavy atom. The van der Waals surface area contributed by atoms with Gasteiger partial charge in [0.2, 0.25) is 5.91 Å². The number of rotatable bonds is 7. The van der Waals surface area contributed by atoms with Gasteiger partial charge in [0, 0.05) is 36.8 Å². The SMILES string of the molecule is CC.CS.CSc1cccc(NC(=O)c2nnc(C(F)(F)F)cc2N2CCCCCC2)c1.Cc1c(C(F)(F)F)nnc(N2CCCCCC2)c1C(=O)Nc1c[c-]ccc1.[CH3-].[Cs+]. The van der Waals surface area contributed by atoms with Crippen LogP contribution in [0.25, 0.3) is 0 Å². The van der Waals surface area contributed by atoms with E-state index in [9.17, 15) is 35.9 Å². The molecule has 0 radical (unpaired) electrons. The number of hydrogen-bond acceptors (Lipinski definition) is 10. The molecule has 10 nitrogen and oxygen atoms in total. The Morgan fingerprint density at radius 2 is 1.30 bits per heavy atom. The van der Waals surface area contributed by atoms with Crippen molar-refractivity contribution in [2.24, 2.45) is 0 Å². The van der Waals surface area contributed by atoms with E-state index in [2.05, 4.69) is 49.7 Å². The molecule has 2 aliphatic heterocycles. The van der Waals surface area contributed by atoms with Gasteiger partial charge in [-0.1, -0.05) is 51.3 Å². The van der Waals surface area contributed by atoms with Crippen LogP contribution in [-0.4, -0.2) is 70.9 Å². The van der Waals surface area contributed by atoms with Crippen LogP contribution in [0, 0.1) is 20.4 Å². The molecule has 0 aliphatic carbocycles. The fourth-order valence-corrected chi connectivity index (χ4v) is 6.80. The molecule has 2 aromatic carbocycles. The van der Waals surface area contributed by atoms with Gasteiger partial charge in [0.15, 0.2) is 22.9 Å². The molecule has 2 aliphatic rings. The second-order valence-corrected chi connectivity index (χ2v) is 13.9. The number of hydrogen-bond donors (Lipinski definition) is 3. The van der Waals surface area contributed by atoms with E-state index in [4.69, 9.17) is 0 Å². The van der Waals surface area contributed by atoms with Crippen molar-refractivity contribution in [3.05, 3.63) is 96.3 Å². The summed E-state index contributed by atoms with van der Waals surface area (Å²) in [5.74, 6) is -0.995. The zero-order valence-corrected chi connectivity index (χ0v) is 43.8. The fraction of sp³-hybridized carbons (Fsp3) is 0.452. The minimum atomic E-state index is -4.68. The van der Waals surface area contributed by atoms with Crippen molar-refractivity contribution in [3.8, 4) is 0 Å². The molecule has 0 bridgehead atoms. The number of carbonyl (C=O) groups excluding carboxylic acids is 2. The summed E-state index contributed by atoms with van der Waals surface area (Å²) in [6.07, 6.45) is 1.97. The average Bonchev–Trinajstić information content (AvgIpc) is 3.68. The van der Waals surface area contributed by atoms with E-state index in [-0.39, 0.29) is 105 Å². The van der Waals surface area contributed by atoms with E-state index in [1.807, 2.05) is 36.0 Å². The quantitative estimate of drug-likeness (QED) is 0.0732. The van der Waals surface area contributed by atoms with Gasteiger partial charge in [-0.05, 0) is 74.9 Å². The van der Waals surface area contributed by atoms with Crippen molar-refractivity contribution in [3.63, 3.8) is 0 Å². The first-order chi connectivity index (χ1) is 28.3. The molecule has 0 saturated carbocycles. The Bertz CT molecular complexity index is 1930. The standard InChI is InChI=1S/C19H21F3N4OS.C19H20F3N4O.C2H6.CH4S.CH3.Cs/c1-28-14-8-6-7-13(11-14)23-18(27)17-15(26-9-4-2-3-5-10-26)12-16(24-25-17)19(20,21)22;1-13-15(18(27)23-14-9-5-4-6-10-14)17(25-24-16(13)19(20,21)22)26-11-7-2-3-8-12-26;2*1-2;;/h6-8,11-12H,2-5,9-10H2,1H3,(H,23,27);4-5,9-10H,2-3,7-8,11-12H2,1H3,(H,23,27);1-2H3;2H,1H3;1H3;/q;-1;;;-1;+1.